The minimum absolute atomic E-state index is 0.0624. The van der Waals surface area contributed by atoms with Gasteiger partial charge < -0.3 is 0 Å². The second-order valence-corrected chi connectivity index (χ2v) is 4.84. The lowest BCUT2D eigenvalue weighted by Gasteiger charge is -2.33. The molecule has 1 aromatic carbocycles. The largest absolute Gasteiger partial charge is 0.300 e. The highest BCUT2D eigenvalue weighted by Crippen LogP contribution is 2.37. The van der Waals surface area contributed by atoms with Crippen LogP contribution < -0.4 is 0 Å². The van der Waals surface area contributed by atoms with Gasteiger partial charge in [-0.1, -0.05) is 25.1 Å². The lowest BCUT2D eigenvalue weighted by atomic mass is 9.70. The number of ketones is 1. The fourth-order valence-electron chi connectivity index (χ4n) is 2.36. The highest BCUT2D eigenvalue weighted by Gasteiger charge is 2.31. The summed E-state index contributed by atoms with van der Waals surface area (Å²) in [7, 11) is 0. The molecule has 1 aliphatic rings. The van der Waals surface area contributed by atoms with Crippen LogP contribution in [-0.4, -0.2) is 12.1 Å². The van der Waals surface area contributed by atoms with E-state index in [2.05, 4.69) is 13.0 Å². The van der Waals surface area contributed by atoms with Crippen molar-refractivity contribution >= 4 is 12.1 Å². The average molecular weight is 216 g/mol. The predicted octanol–water partition coefficient (Wildman–Crippen LogP) is 2.90. The Hall–Kier alpha value is -1.44. The van der Waals surface area contributed by atoms with Gasteiger partial charge in [0, 0.05) is 18.4 Å². The summed E-state index contributed by atoms with van der Waals surface area (Å²) >= 11 is 0. The molecule has 1 saturated carbocycles. The second kappa shape index (κ2) is 4.20. The van der Waals surface area contributed by atoms with Crippen LogP contribution in [0.3, 0.4) is 0 Å². The molecule has 0 N–H and O–H groups in total. The Morgan fingerprint density at radius 2 is 1.94 bits per heavy atom. The number of hydrogen-bond acceptors (Lipinski definition) is 2. The molecule has 0 aliphatic heterocycles. The Morgan fingerprint density at radius 1 is 1.25 bits per heavy atom. The van der Waals surface area contributed by atoms with E-state index in [0.717, 1.165) is 24.7 Å². The first-order valence-electron chi connectivity index (χ1n) is 5.71. The molecule has 0 spiro atoms. The van der Waals surface area contributed by atoms with Crippen LogP contribution >= 0.6 is 0 Å². The van der Waals surface area contributed by atoms with Crippen LogP contribution in [0.5, 0.6) is 0 Å². The fourth-order valence-corrected chi connectivity index (χ4v) is 2.36. The summed E-state index contributed by atoms with van der Waals surface area (Å²) in [6.07, 6.45) is 4.01. The van der Waals surface area contributed by atoms with Gasteiger partial charge in [-0.3, -0.25) is 9.59 Å². The van der Waals surface area contributed by atoms with Crippen LogP contribution in [0.2, 0.25) is 0 Å². The van der Waals surface area contributed by atoms with E-state index in [-0.39, 0.29) is 5.41 Å². The summed E-state index contributed by atoms with van der Waals surface area (Å²) in [5, 5.41) is 0. The summed E-state index contributed by atoms with van der Waals surface area (Å²) in [4.78, 5) is 22.0. The van der Waals surface area contributed by atoms with Crippen LogP contribution in [-0.2, 0) is 10.2 Å². The van der Waals surface area contributed by atoms with Crippen molar-refractivity contribution in [1.29, 1.82) is 0 Å². The molecule has 0 atom stereocenters. The first-order chi connectivity index (χ1) is 7.64. The Balaban J connectivity index is 2.28. The first-order valence-corrected chi connectivity index (χ1v) is 5.71. The molecule has 0 saturated heterocycles. The van der Waals surface area contributed by atoms with Crippen molar-refractivity contribution in [3.63, 3.8) is 0 Å². The van der Waals surface area contributed by atoms with Crippen LogP contribution in [0.4, 0.5) is 0 Å². The van der Waals surface area contributed by atoms with Gasteiger partial charge in [0.15, 0.2) is 0 Å². The molecule has 0 bridgehead atoms. The Morgan fingerprint density at radius 3 is 2.56 bits per heavy atom. The van der Waals surface area contributed by atoms with Gasteiger partial charge >= 0.3 is 0 Å². The van der Waals surface area contributed by atoms with Crippen molar-refractivity contribution in [2.75, 3.05) is 0 Å². The number of Topliss-reactive ketones (excluding diaryl/α,β-unsaturated/α-hetero) is 1. The number of aldehydes is 1. The van der Waals surface area contributed by atoms with E-state index < -0.39 is 0 Å². The van der Waals surface area contributed by atoms with E-state index in [0.29, 0.717) is 18.6 Å². The van der Waals surface area contributed by atoms with Crippen molar-refractivity contribution in [3.8, 4) is 0 Å². The third-order valence-electron chi connectivity index (χ3n) is 3.63. The molecule has 2 heteroatoms. The summed E-state index contributed by atoms with van der Waals surface area (Å²) < 4.78 is 0. The number of carbonyl (C=O) groups excluding carboxylic acids is 2. The third-order valence-corrected chi connectivity index (χ3v) is 3.63. The van der Waals surface area contributed by atoms with Gasteiger partial charge in [-0.05, 0) is 29.9 Å². The molecule has 0 amide bonds. The number of rotatable bonds is 2. The minimum Gasteiger partial charge on any atom is -0.300 e. The maximum Gasteiger partial charge on any atom is 0.150 e. The highest BCUT2D eigenvalue weighted by molar-refractivity contribution is 5.80. The summed E-state index contributed by atoms with van der Waals surface area (Å²) in [5.41, 5.74) is 1.97. The molecule has 2 nitrogen and oxygen atoms in total. The summed E-state index contributed by atoms with van der Waals surface area (Å²) in [5.74, 6) is 0.365. The van der Waals surface area contributed by atoms with Gasteiger partial charge in [-0.15, -0.1) is 0 Å². The van der Waals surface area contributed by atoms with E-state index in [9.17, 15) is 9.59 Å². The van der Waals surface area contributed by atoms with Gasteiger partial charge in [0.2, 0.25) is 0 Å². The first kappa shape index (κ1) is 11.1. The van der Waals surface area contributed by atoms with Crippen LogP contribution in [0.15, 0.2) is 24.3 Å². The maximum absolute atomic E-state index is 11.2. The Labute approximate surface area is 95.7 Å². The molecule has 1 aliphatic carbocycles. The van der Waals surface area contributed by atoms with Crippen molar-refractivity contribution in [1.82, 2.24) is 0 Å². The summed E-state index contributed by atoms with van der Waals surface area (Å²) in [6, 6.07) is 7.74. The smallest absolute Gasteiger partial charge is 0.150 e. The van der Waals surface area contributed by atoms with Crippen molar-refractivity contribution in [2.24, 2.45) is 0 Å². The highest BCUT2D eigenvalue weighted by atomic mass is 16.1. The van der Waals surface area contributed by atoms with Crippen LogP contribution in [0.25, 0.3) is 0 Å². The van der Waals surface area contributed by atoms with E-state index >= 15 is 0 Å². The van der Waals surface area contributed by atoms with Crippen LogP contribution in [0.1, 0.15) is 48.5 Å². The van der Waals surface area contributed by atoms with Crippen molar-refractivity contribution in [3.05, 3.63) is 35.4 Å². The second-order valence-electron chi connectivity index (χ2n) is 4.84. The van der Waals surface area contributed by atoms with Gasteiger partial charge in [0.25, 0.3) is 0 Å². The van der Waals surface area contributed by atoms with Crippen molar-refractivity contribution < 1.29 is 9.59 Å². The molecule has 0 heterocycles. The molecule has 2 rings (SSSR count). The SMILES string of the molecule is CC1(c2cccc(C=O)c2)CCC(=O)CC1. The van der Waals surface area contributed by atoms with Gasteiger partial charge in [-0.2, -0.15) is 0 Å². The van der Waals surface area contributed by atoms with E-state index in [1.54, 1.807) is 0 Å². The molecule has 16 heavy (non-hydrogen) atoms. The minimum atomic E-state index is 0.0624. The van der Waals surface area contributed by atoms with Gasteiger partial charge in [0.05, 0.1) is 0 Å². The number of carbonyl (C=O) groups is 2. The van der Waals surface area contributed by atoms with Crippen LogP contribution in [0, 0.1) is 0 Å². The Bertz CT molecular complexity index is 410. The lowest BCUT2D eigenvalue weighted by Crippen LogP contribution is -2.28. The Kier molecular flexibility index (Phi) is 2.90. The molecular weight excluding hydrogens is 200 g/mol. The van der Waals surface area contributed by atoms with E-state index in [1.165, 1.54) is 5.56 Å². The van der Waals surface area contributed by atoms with Gasteiger partial charge in [0.1, 0.15) is 12.1 Å². The molecule has 0 radical (unpaired) electrons. The zero-order valence-corrected chi connectivity index (χ0v) is 9.53. The molecule has 1 fully saturated rings. The van der Waals surface area contributed by atoms with E-state index in [1.807, 2.05) is 18.2 Å². The topological polar surface area (TPSA) is 34.1 Å². The van der Waals surface area contributed by atoms with Crippen molar-refractivity contribution in [2.45, 2.75) is 38.0 Å². The maximum atomic E-state index is 11.2. The third kappa shape index (κ3) is 2.06. The monoisotopic (exact) mass is 216 g/mol. The molecule has 0 aromatic heterocycles. The zero-order chi connectivity index (χ0) is 11.6. The summed E-state index contributed by atoms with van der Waals surface area (Å²) in [6.45, 7) is 2.18. The molecule has 1 aromatic rings. The standard InChI is InChI=1S/C14H16O2/c1-14(7-5-13(16)6-8-14)12-4-2-3-11(9-12)10-15/h2-4,9-10H,5-8H2,1H3. The average Bonchev–Trinajstić information content (AvgIpc) is 2.33. The van der Waals surface area contributed by atoms with E-state index in [4.69, 9.17) is 0 Å². The molecular formula is C14H16O2. The fraction of sp³-hybridized carbons (Fsp3) is 0.429. The number of hydrogen-bond donors (Lipinski definition) is 0. The van der Waals surface area contributed by atoms with Gasteiger partial charge in [-0.25, -0.2) is 0 Å². The number of benzene rings is 1. The normalized spacial score (nSPS) is 19.4. The predicted molar refractivity (Wildman–Crippen MR) is 62.7 cm³/mol. The zero-order valence-electron chi connectivity index (χ0n) is 9.53. The molecule has 84 valence electrons. The molecule has 0 unspecified atom stereocenters. The quantitative estimate of drug-likeness (QED) is 0.712. The lowest BCUT2D eigenvalue weighted by molar-refractivity contribution is -0.121.